The first kappa shape index (κ1) is 13.8. The molecular formula is C13H23N3O. The van der Waals surface area contributed by atoms with Gasteiger partial charge in [0.2, 0.25) is 0 Å². The number of anilines is 2. The van der Waals surface area contributed by atoms with Gasteiger partial charge in [0.15, 0.2) is 0 Å². The highest BCUT2D eigenvalue weighted by Crippen LogP contribution is 2.13. The molecule has 1 atom stereocenters. The first-order valence-electron chi connectivity index (χ1n) is 6.23. The van der Waals surface area contributed by atoms with Gasteiger partial charge in [-0.05, 0) is 31.9 Å². The third kappa shape index (κ3) is 5.04. The van der Waals surface area contributed by atoms with Gasteiger partial charge in [-0.3, -0.25) is 0 Å². The van der Waals surface area contributed by atoms with Crippen molar-refractivity contribution in [1.82, 2.24) is 4.98 Å². The molecule has 4 nitrogen and oxygen atoms in total. The van der Waals surface area contributed by atoms with Gasteiger partial charge in [0.05, 0.1) is 6.10 Å². The number of pyridine rings is 1. The van der Waals surface area contributed by atoms with E-state index in [4.69, 9.17) is 0 Å². The molecule has 4 heteroatoms. The molecule has 1 heterocycles. The normalized spacial score (nSPS) is 12.2. The van der Waals surface area contributed by atoms with Gasteiger partial charge in [-0.2, -0.15) is 0 Å². The Bertz CT molecular complexity index is 328. The number of aliphatic hydroxyl groups excluding tert-OH is 1. The highest BCUT2D eigenvalue weighted by Gasteiger charge is 2.04. The SMILES string of the molecule is CCCNc1cccc(N(C)CCC(C)O)n1. The van der Waals surface area contributed by atoms with Crippen LogP contribution in [0.3, 0.4) is 0 Å². The van der Waals surface area contributed by atoms with Crippen molar-refractivity contribution >= 4 is 11.6 Å². The average Bonchev–Trinajstić information content (AvgIpc) is 2.33. The van der Waals surface area contributed by atoms with Crippen LogP contribution >= 0.6 is 0 Å². The second-order valence-corrected chi connectivity index (χ2v) is 4.37. The number of aromatic nitrogens is 1. The summed E-state index contributed by atoms with van der Waals surface area (Å²) < 4.78 is 0. The molecule has 0 saturated carbocycles. The Kier molecular flexibility index (Phi) is 5.77. The molecule has 1 rings (SSSR count). The van der Waals surface area contributed by atoms with Crippen LogP contribution in [0.25, 0.3) is 0 Å². The molecule has 0 spiro atoms. The second-order valence-electron chi connectivity index (χ2n) is 4.37. The number of rotatable bonds is 7. The molecule has 0 fully saturated rings. The van der Waals surface area contributed by atoms with Crippen molar-refractivity contribution in [1.29, 1.82) is 0 Å². The van der Waals surface area contributed by atoms with Crippen LogP contribution in [0.4, 0.5) is 11.6 Å². The Morgan fingerprint density at radius 2 is 2.24 bits per heavy atom. The zero-order valence-corrected chi connectivity index (χ0v) is 11.0. The number of hydrogen-bond acceptors (Lipinski definition) is 4. The number of aliphatic hydroxyl groups is 1. The first-order chi connectivity index (χ1) is 8.13. The lowest BCUT2D eigenvalue weighted by Gasteiger charge is -2.19. The fraction of sp³-hybridized carbons (Fsp3) is 0.615. The summed E-state index contributed by atoms with van der Waals surface area (Å²) in [4.78, 5) is 6.58. The second kappa shape index (κ2) is 7.12. The van der Waals surface area contributed by atoms with Gasteiger partial charge in [-0.15, -0.1) is 0 Å². The predicted molar refractivity (Wildman–Crippen MR) is 72.6 cm³/mol. The summed E-state index contributed by atoms with van der Waals surface area (Å²) in [5.74, 6) is 1.85. The van der Waals surface area contributed by atoms with E-state index in [0.29, 0.717) is 0 Å². The van der Waals surface area contributed by atoms with Crippen molar-refractivity contribution in [2.24, 2.45) is 0 Å². The molecule has 0 bridgehead atoms. The smallest absolute Gasteiger partial charge is 0.130 e. The molecule has 1 aromatic heterocycles. The van der Waals surface area contributed by atoms with E-state index in [1.807, 2.05) is 25.2 Å². The maximum atomic E-state index is 9.26. The minimum absolute atomic E-state index is 0.265. The quantitative estimate of drug-likeness (QED) is 0.762. The molecule has 0 aliphatic carbocycles. The standard InChI is InChI=1S/C13H23N3O/c1-4-9-14-12-6-5-7-13(15-12)16(3)10-8-11(2)17/h5-7,11,17H,4,8-10H2,1-3H3,(H,14,15). The average molecular weight is 237 g/mol. The summed E-state index contributed by atoms with van der Waals surface area (Å²) in [5.41, 5.74) is 0. The molecule has 1 aromatic rings. The Balaban J connectivity index is 2.57. The Morgan fingerprint density at radius 3 is 2.88 bits per heavy atom. The molecule has 0 aliphatic rings. The lowest BCUT2D eigenvalue weighted by molar-refractivity contribution is 0.187. The van der Waals surface area contributed by atoms with Gasteiger partial charge >= 0.3 is 0 Å². The topological polar surface area (TPSA) is 48.4 Å². The molecule has 2 N–H and O–H groups in total. The van der Waals surface area contributed by atoms with Crippen LogP contribution in [0.2, 0.25) is 0 Å². The number of nitrogens with zero attached hydrogens (tertiary/aromatic N) is 2. The van der Waals surface area contributed by atoms with Crippen molar-refractivity contribution in [3.8, 4) is 0 Å². The minimum atomic E-state index is -0.265. The fourth-order valence-corrected chi connectivity index (χ4v) is 1.48. The van der Waals surface area contributed by atoms with Gasteiger partial charge in [-0.25, -0.2) is 4.98 Å². The van der Waals surface area contributed by atoms with Crippen LogP contribution < -0.4 is 10.2 Å². The maximum absolute atomic E-state index is 9.26. The summed E-state index contributed by atoms with van der Waals surface area (Å²) in [6, 6.07) is 5.96. The van der Waals surface area contributed by atoms with Gasteiger partial charge in [0.25, 0.3) is 0 Å². The lowest BCUT2D eigenvalue weighted by Crippen LogP contribution is -2.23. The summed E-state index contributed by atoms with van der Waals surface area (Å²) in [6.45, 7) is 5.68. The third-order valence-corrected chi connectivity index (χ3v) is 2.56. The monoisotopic (exact) mass is 237 g/mol. The predicted octanol–water partition coefficient (Wildman–Crippen LogP) is 2.11. The third-order valence-electron chi connectivity index (χ3n) is 2.56. The molecule has 0 saturated heterocycles. The van der Waals surface area contributed by atoms with Crippen LogP contribution in [-0.2, 0) is 0 Å². The number of hydrogen-bond donors (Lipinski definition) is 2. The Labute approximate surface area is 104 Å². The van der Waals surface area contributed by atoms with E-state index in [2.05, 4.69) is 22.1 Å². The van der Waals surface area contributed by atoms with E-state index in [1.54, 1.807) is 6.92 Å². The van der Waals surface area contributed by atoms with Crippen LogP contribution in [-0.4, -0.2) is 36.3 Å². The Hall–Kier alpha value is -1.29. The summed E-state index contributed by atoms with van der Waals surface area (Å²) in [7, 11) is 1.99. The zero-order valence-electron chi connectivity index (χ0n) is 11.0. The van der Waals surface area contributed by atoms with E-state index in [-0.39, 0.29) is 6.10 Å². The molecular weight excluding hydrogens is 214 g/mol. The molecule has 0 radical (unpaired) electrons. The molecule has 0 amide bonds. The van der Waals surface area contributed by atoms with Crippen LogP contribution in [0, 0.1) is 0 Å². The van der Waals surface area contributed by atoms with E-state index < -0.39 is 0 Å². The number of nitrogens with one attached hydrogen (secondary N) is 1. The van der Waals surface area contributed by atoms with Crippen molar-refractivity contribution in [3.05, 3.63) is 18.2 Å². The lowest BCUT2D eigenvalue weighted by atomic mass is 10.3. The zero-order chi connectivity index (χ0) is 12.7. The van der Waals surface area contributed by atoms with Crippen LogP contribution in [0.5, 0.6) is 0 Å². The van der Waals surface area contributed by atoms with Crippen LogP contribution in [0.15, 0.2) is 18.2 Å². The fourth-order valence-electron chi connectivity index (χ4n) is 1.48. The van der Waals surface area contributed by atoms with Crippen molar-refractivity contribution < 1.29 is 5.11 Å². The highest BCUT2D eigenvalue weighted by atomic mass is 16.3. The summed E-state index contributed by atoms with van der Waals surface area (Å²) in [6.07, 6.45) is 1.58. The molecule has 0 aliphatic heterocycles. The minimum Gasteiger partial charge on any atom is -0.393 e. The Morgan fingerprint density at radius 1 is 1.47 bits per heavy atom. The van der Waals surface area contributed by atoms with Gasteiger partial charge in [0.1, 0.15) is 11.6 Å². The van der Waals surface area contributed by atoms with Crippen molar-refractivity contribution in [3.63, 3.8) is 0 Å². The van der Waals surface area contributed by atoms with Gasteiger partial charge in [0, 0.05) is 20.1 Å². The maximum Gasteiger partial charge on any atom is 0.130 e. The van der Waals surface area contributed by atoms with Crippen molar-refractivity contribution in [2.45, 2.75) is 32.8 Å². The summed E-state index contributed by atoms with van der Waals surface area (Å²) >= 11 is 0. The van der Waals surface area contributed by atoms with Gasteiger partial charge < -0.3 is 15.3 Å². The molecule has 96 valence electrons. The van der Waals surface area contributed by atoms with E-state index >= 15 is 0 Å². The largest absolute Gasteiger partial charge is 0.393 e. The van der Waals surface area contributed by atoms with Crippen molar-refractivity contribution in [2.75, 3.05) is 30.4 Å². The molecule has 0 aromatic carbocycles. The van der Waals surface area contributed by atoms with E-state index in [0.717, 1.165) is 37.6 Å². The first-order valence-corrected chi connectivity index (χ1v) is 6.23. The van der Waals surface area contributed by atoms with Gasteiger partial charge in [-0.1, -0.05) is 13.0 Å². The van der Waals surface area contributed by atoms with E-state index in [1.165, 1.54) is 0 Å². The highest BCUT2D eigenvalue weighted by molar-refractivity contribution is 5.46. The molecule has 1 unspecified atom stereocenters. The van der Waals surface area contributed by atoms with E-state index in [9.17, 15) is 5.11 Å². The van der Waals surface area contributed by atoms with Crippen LogP contribution in [0.1, 0.15) is 26.7 Å². The summed E-state index contributed by atoms with van der Waals surface area (Å²) in [5, 5.41) is 12.5. The molecule has 17 heavy (non-hydrogen) atoms.